The highest BCUT2D eigenvalue weighted by atomic mass is 35.5. The van der Waals surface area contributed by atoms with Gasteiger partial charge in [0, 0.05) is 18.0 Å². The van der Waals surface area contributed by atoms with Crippen molar-refractivity contribution in [1.82, 2.24) is 15.0 Å². The standard InChI is InChI=1S/C15H11Cl3N4O2S/c16-8-5-10(17)13(11(18)6-8)21-20-12(23)1-3-22-7-19-14-9(15(22)24)2-4-25-14/h2,4-7,21H,1,3H2,(H,20,23). The lowest BCUT2D eigenvalue weighted by Gasteiger charge is -2.12. The topological polar surface area (TPSA) is 76.0 Å². The van der Waals surface area contributed by atoms with Crippen LogP contribution in [0.1, 0.15) is 6.42 Å². The molecule has 0 bridgehead atoms. The quantitative estimate of drug-likeness (QED) is 0.616. The van der Waals surface area contributed by atoms with E-state index in [0.29, 0.717) is 20.9 Å². The number of fused-ring (bicyclic) bond motifs is 1. The number of amides is 1. The fraction of sp³-hybridized carbons (Fsp3) is 0.133. The molecular weight excluding hydrogens is 407 g/mol. The molecule has 1 amide bonds. The van der Waals surface area contributed by atoms with Crippen LogP contribution in [0.4, 0.5) is 5.69 Å². The summed E-state index contributed by atoms with van der Waals surface area (Å²) in [4.78, 5) is 29.1. The lowest BCUT2D eigenvalue weighted by molar-refractivity contribution is -0.120. The van der Waals surface area contributed by atoms with E-state index in [0.717, 1.165) is 0 Å². The van der Waals surface area contributed by atoms with Crippen molar-refractivity contribution in [2.45, 2.75) is 13.0 Å². The molecule has 130 valence electrons. The first-order valence-electron chi connectivity index (χ1n) is 7.08. The maximum absolute atomic E-state index is 12.2. The molecule has 3 rings (SSSR count). The second kappa shape index (κ2) is 7.61. The number of hydrazine groups is 1. The number of aromatic nitrogens is 2. The number of hydrogen-bond donors (Lipinski definition) is 2. The molecule has 0 unspecified atom stereocenters. The molecule has 0 aliphatic carbocycles. The van der Waals surface area contributed by atoms with Crippen molar-refractivity contribution >= 4 is 68.0 Å². The number of anilines is 1. The van der Waals surface area contributed by atoms with Crippen LogP contribution >= 0.6 is 46.1 Å². The Morgan fingerprint density at radius 2 is 1.96 bits per heavy atom. The van der Waals surface area contributed by atoms with Crippen molar-refractivity contribution in [2.24, 2.45) is 0 Å². The fourth-order valence-corrected chi connectivity index (χ4v) is 3.77. The van der Waals surface area contributed by atoms with Gasteiger partial charge < -0.3 is 0 Å². The number of carbonyl (C=O) groups is 1. The van der Waals surface area contributed by atoms with Crippen LogP contribution in [0.5, 0.6) is 0 Å². The smallest absolute Gasteiger partial charge is 0.262 e. The van der Waals surface area contributed by atoms with Crippen molar-refractivity contribution in [3.63, 3.8) is 0 Å². The summed E-state index contributed by atoms with van der Waals surface area (Å²) in [6.45, 7) is 0.202. The molecule has 0 saturated heterocycles. The molecule has 3 aromatic rings. The Labute approximate surface area is 161 Å². The van der Waals surface area contributed by atoms with Crippen LogP contribution in [0, 0.1) is 0 Å². The van der Waals surface area contributed by atoms with Gasteiger partial charge in [0.15, 0.2) is 0 Å². The second-order valence-corrected chi connectivity index (χ2v) is 7.20. The summed E-state index contributed by atoms with van der Waals surface area (Å²) in [5, 5.41) is 3.30. The third-order valence-corrected chi connectivity index (χ3v) is 5.00. The van der Waals surface area contributed by atoms with Crippen LogP contribution < -0.4 is 16.4 Å². The number of halogens is 3. The van der Waals surface area contributed by atoms with Gasteiger partial charge in [0.05, 0.1) is 27.4 Å². The largest absolute Gasteiger partial charge is 0.298 e. The van der Waals surface area contributed by atoms with Gasteiger partial charge in [-0.05, 0) is 23.6 Å². The molecule has 1 aromatic carbocycles. The van der Waals surface area contributed by atoms with Gasteiger partial charge in [-0.25, -0.2) is 4.98 Å². The van der Waals surface area contributed by atoms with E-state index in [1.54, 1.807) is 11.4 Å². The molecule has 2 N–H and O–H groups in total. The molecule has 0 fully saturated rings. The third-order valence-electron chi connectivity index (χ3n) is 3.36. The molecule has 0 spiro atoms. The van der Waals surface area contributed by atoms with E-state index < -0.39 is 0 Å². The second-order valence-electron chi connectivity index (χ2n) is 5.05. The molecule has 0 radical (unpaired) electrons. The molecule has 0 atom stereocenters. The molecule has 0 aliphatic heterocycles. The minimum absolute atomic E-state index is 0.0764. The predicted molar refractivity (Wildman–Crippen MR) is 102 cm³/mol. The van der Waals surface area contributed by atoms with Crippen molar-refractivity contribution in [3.8, 4) is 0 Å². The zero-order valence-electron chi connectivity index (χ0n) is 12.6. The molecular formula is C15H11Cl3N4O2S. The van der Waals surface area contributed by atoms with Gasteiger partial charge in [0.25, 0.3) is 5.56 Å². The highest BCUT2D eigenvalue weighted by molar-refractivity contribution is 7.16. The van der Waals surface area contributed by atoms with Gasteiger partial charge >= 0.3 is 0 Å². The Kier molecular flexibility index (Phi) is 5.48. The first kappa shape index (κ1) is 18.0. The van der Waals surface area contributed by atoms with Gasteiger partial charge in [-0.3, -0.25) is 25.0 Å². The van der Waals surface area contributed by atoms with E-state index in [2.05, 4.69) is 15.8 Å². The van der Waals surface area contributed by atoms with Crippen molar-refractivity contribution in [2.75, 3.05) is 5.43 Å². The van der Waals surface area contributed by atoms with Crippen LogP contribution in [0.2, 0.25) is 15.1 Å². The molecule has 2 heterocycles. The number of aryl methyl sites for hydroxylation is 1. The zero-order valence-corrected chi connectivity index (χ0v) is 15.6. The van der Waals surface area contributed by atoms with E-state index >= 15 is 0 Å². The fourth-order valence-electron chi connectivity index (χ4n) is 2.13. The Bertz CT molecular complexity index is 979. The minimum Gasteiger partial charge on any atom is -0.298 e. The molecule has 2 aromatic heterocycles. The highest BCUT2D eigenvalue weighted by Gasteiger charge is 2.10. The van der Waals surface area contributed by atoms with Gasteiger partial charge in [0.2, 0.25) is 5.91 Å². The number of rotatable bonds is 5. The summed E-state index contributed by atoms with van der Waals surface area (Å²) in [7, 11) is 0. The first-order chi connectivity index (χ1) is 12.0. The van der Waals surface area contributed by atoms with Crippen molar-refractivity contribution < 1.29 is 4.79 Å². The van der Waals surface area contributed by atoms with Crippen LogP contribution in [0.3, 0.4) is 0 Å². The Morgan fingerprint density at radius 3 is 2.68 bits per heavy atom. The van der Waals surface area contributed by atoms with E-state index in [-0.39, 0.29) is 34.5 Å². The zero-order chi connectivity index (χ0) is 18.0. The van der Waals surface area contributed by atoms with E-state index in [1.165, 1.54) is 34.4 Å². The highest BCUT2D eigenvalue weighted by Crippen LogP contribution is 2.33. The molecule has 0 saturated carbocycles. The number of hydrogen-bond acceptors (Lipinski definition) is 5. The van der Waals surface area contributed by atoms with Gasteiger partial charge in [-0.15, -0.1) is 11.3 Å². The van der Waals surface area contributed by atoms with Crippen molar-refractivity contribution in [3.05, 3.63) is 55.3 Å². The summed E-state index contributed by atoms with van der Waals surface area (Å²) in [5.74, 6) is -0.334. The maximum atomic E-state index is 12.2. The molecule has 6 nitrogen and oxygen atoms in total. The average Bonchev–Trinajstić information content (AvgIpc) is 3.02. The summed E-state index contributed by atoms with van der Waals surface area (Å²) in [5.41, 5.74) is 5.32. The Morgan fingerprint density at radius 1 is 1.24 bits per heavy atom. The lowest BCUT2D eigenvalue weighted by atomic mass is 10.3. The number of thiophene rings is 1. The Hall–Kier alpha value is -1.80. The first-order valence-corrected chi connectivity index (χ1v) is 9.09. The van der Waals surface area contributed by atoms with E-state index in [9.17, 15) is 9.59 Å². The normalized spacial score (nSPS) is 10.8. The van der Waals surface area contributed by atoms with Crippen LogP contribution in [0.15, 0.2) is 34.7 Å². The van der Waals surface area contributed by atoms with Crippen LogP contribution in [-0.4, -0.2) is 15.5 Å². The van der Waals surface area contributed by atoms with Gasteiger partial charge in [0.1, 0.15) is 4.83 Å². The molecule has 10 heteroatoms. The van der Waals surface area contributed by atoms with Gasteiger partial charge in [-0.1, -0.05) is 34.8 Å². The number of carbonyl (C=O) groups excluding carboxylic acids is 1. The monoisotopic (exact) mass is 416 g/mol. The summed E-state index contributed by atoms with van der Waals surface area (Å²) < 4.78 is 1.40. The molecule has 0 aliphatic rings. The summed E-state index contributed by atoms with van der Waals surface area (Å²) >= 11 is 19.3. The average molecular weight is 418 g/mol. The Balaban J connectivity index is 1.61. The summed E-state index contributed by atoms with van der Waals surface area (Å²) in [6.07, 6.45) is 1.52. The molecule has 25 heavy (non-hydrogen) atoms. The van der Waals surface area contributed by atoms with Crippen LogP contribution in [0.25, 0.3) is 10.2 Å². The predicted octanol–water partition coefficient (Wildman–Crippen LogP) is 3.95. The number of benzene rings is 1. The van der Waals surface area contributed by atoms with E-state index in [4.69, 9.17) is 34.8 Å². The SMILES string of the molecule is O=C(CCn1cnc2sccc2c1=O)NNc1c(Cl)cc(Cl)cc1Cl. The number of nitrogens with zero attached hydrogens (tertiary/aromatic N) is 2. The van der Waals surface area contributed by atoms with Crippen molar-refractivity contribution in [1.29, 1.82) is 0 Å². The minimum atomic E-state index is -0.334. The van der Waals surface area contributed by atoms with Gasteiger partial charge in [-0.2, -0.15) is 0 Å². The lowest BCUT2D eigenvalue weighted by Crippen LogP contribution is -2.31. The third kappa shape index (κ3) is 4.07. The maximum Gasteiger partial charge on any atom is 0.262 e. The van der Waals surface area contributed by atoms with Crippen LogP contribution in [-0.2, 0) is 11.3 Å². The number of nitrogens with one attached hydrogen (secondary N) is 2. The summed E-state index contributed by atoms with van der Waals surface area (Å²) in [6, 6.07) is 4.73. The van der Waals surface area contributed by atoms with E-state index in [1.807, 2.05) is 0 Å².